The van der Waals surface area contributed by atoms with Gasteiger partial charge in [0.2, 0.25) is 5.91 Å². The number of rotatable bonds is 1. The lowest BCUT2D eigenvalue weighted by atomic mass is 9.71. The molecule has 2 fully saturated rings. The van der Waals surface area contributed by atoms with Crippen LogP contribution in [0.15, 0.2) is 24.3 Å². The molecule has 1 unspecified atom stereocenters. The summed E-state index contributed by atoms with van der Waals surface area (Å²) in [6, 6.07) is 7.53. The van der Waals surface area contributed by atoms with Crippen LogP contribution < -0.4 is 5.32 Å². The Hall–Kier alpha value is -1.72. The number of amides is 1. The molecule has 1 amide bonds. The fourth-order valence-electron chi connectivity index (χ4n) is 3.59. The predicted molar refractivity (Wildman–Crippen MR) is 77.0 cm³/mol. The van der Waals surface area contributed by atoms with Crippen molar-refractivity contribution >= 4 is 11.7 Å². The smallest absolute Gasteiger partial charge is 0.238 e. The zero-order valence-electron chi connectivity index (χ0n) is 12.3. The third kappa shape index (κ3) is 1.92. The maximum atomic E-state index is 13.1. The van der Waals surface area contributed by atoms with E-state index in [1.54, 1.807) is 6.92 Å². The van der Waals surface area contributed by atoms with Crippen LogP contribution in [0.2, 0.25) is 0 Å². The maximum absolute atomic E-state index is 13.1. The van der Waals surface area contributed by atoms with E-state index in [4.69, 9.17) is 0 Å². The van der Waals surface area contributed by atoms with E-state index in [0.717, 1.165) is 11.1 Å². The normalized spacial score (nSPS) is 28.9. The molecule has 0 saturated carbocycles. The van der Waals surface area contributed by atoms with Gasteiger partial charge < -0.3 is 10.5 Å². The van der Waals surface area contributed by atoms with Crippen molar-refractivity contribution in [2.75, 3.05) is 13.1 Å². The van der Waals surface area contributed by atoms with Gasteiger partial charge in [-0.3, -0.25) is 9.59 Å². The first-order valence-corrected chi connectivity index (χ1v) is 7.28. The van der Waals surface area contributed by atoms with Crippen molar-refractivity contribution in [1.82, 2.24) is 10.4 Å². The van der Waals surface area contributed by atoms with Crippen LogP contribution >= 0.6 is 0 Å². The van der Waals surface area contributed by atoms with Crippen LogP contribution in [0.4, 0.5) is 0 Å². The van der Waals surface area contributed by atoms with Gasteiger partial charge in [0, 0.05) is 13.1 Å². The van der Waals surface area contributed by atoms with Gasteiger partial charge in [0.1, 0.15) is 11.0 Å². The van der Waals surface area contributed by atoms with Gasteiger partial charge in [0.05, 0.1) is 0 Å². The number of Topliss-reactive ketones (excluding diaryl/α,β-unsaturated/α-hetero) is 1. The van der Waals surface area contributed by atoms with Crippen LogP contribution in [0.5, 0.6) is 0 Å². The minimum Gasteiger partial charge on any atom is -0.342 e. The minimum absolute atomic E-state index is 0.0672. The number of benzene rings is 1. The topological polar surface area (TPSA) is 69.6 Å². The summed E-state index contributed by atoms with van der Waals surface area (Å²) in [4.78, 5) is 25.7. The molecule has 1 aromatic rings. The summed E-state index contributed by atoms with van der Waals surface area (Å²) in [6.45, 7) is 4.43. The Balaban J connectivity index is 2.03. The molecule has 2 saturated heterocycles. The Kier molecular flexibility index (Phi) is 3.15. The van der Waals surface area contributed by atoms with Crippen LogP contribution in [-0.4, -0.2) is 40.6 Å². The highest BCUT2D eigenvalue weighted by Gasteiger charge is 2.61. The number of carbonyl (C=O) groups excluding carboxylic acids is 2. The van der Waals surface area contributed by atoms with E-state index in [-0.39, 0.29) is 11.7 Å². The van der Waals surface area contributed by atoms with Gasteiger partial charge in [-0.15, -0.1) is 0 Å². The van der Waals surface area contributed by atoms with Gasteiger partial charge in [0.15, 0.2) is 5.78 Å². The van der Waals surface area contributed by atoms with Crippen molar-refractivity contribution in [2.24, 2.45) is 0 Å². The van der Waals surface area contributed by atoms with Gasteiger partial charge in [-0.1, -0.05) is 24.3 Å². The van der Waals surface area contributed by atoms with Crippen molar-refractivity contribution in [3.8, 4) is 0 Å². The summed E-state index contributed by atoms with van der Waals surface area (Å²) in [5, 5.41) is 13.6. The average Bonchev–Trinajstić information content (AvgIpc) is 2.65. The molecule has 0 bridgehead atoms. The lowest BCUT2D eigenvalue weighted by Crippen LogP contribution is -2.54. The van der Waals surface area contributed by atoms with Crippen molar-refractivity contribution in [3.63, 3.8) is 0 Å². The van der Waals surface area contributed by atoms with Crippen molar-refractivity contribution < 1.29 is 14.8 Å². The molecule has 2 N–H and O–H groups in total. The van der Waals surface area contributed by atoms with Gasteiger partial charge in [0.25, 0.3) is 0 Å². The molecule has 0 aromatic heterocycles. The quantitative estimate of drug-likeness (QED) is 0.761. The van der Waals surface area contributed by atoms with Crippen LogP contribution in [0.1, 0.15) is 30.9 Å². The Morgan fingerprint density at radius 1 is 1.19 bits per heavy atom. The fourth-order valence-corrected chi connectivity index (χ4v) is 3.59. The van der Waals surface area contributed by atoms with Crippen LogP contribution in [-0.2, 0) is 15.0 Å². The lowest BCUT2D eigenvalue weighted by Gasteiger charge is -2.35. The third-order valence-electron chi connectivity index (χ3n) is 4.97. The lowest BCUT2D eigenvalue weighted by molar-refractivity contribution is -0.139. The second-order valence-corrected chi connectivity index (χ2v) is 6.26. The van der Waals surface area contributed by atoms with E-state index < -0.39 is 11.0 Å². The summed E-state index contributed by atoms with van der Waals surface area (Å²) in [7, 11) is 0. The summed E-state index contributed by atoms with van der Waals surface area (Å²) >= 11 is 0. The Labute approximate surface area is 123 Å². The summed E-state index contributed by atoms with van der Waals surface area (Å²) in [5.41, 5.74) is -0.244. The number of hydrogen-bond donors (Lipinski definition) is 2. The Bertz CT molecular complexity index is 605. The molecule has 0 radical (unpaired) electrons. The molecule has 1 spiro atoms. The Morgan fingerprint density at radius 3 is 2.43 bits per heavy atom. The summed E-state index contributed by atoms with van der Waals surface area (Å²) in [6.07, 6.45) is 0.908. The molecule has 21 heavy (non-hydrogen) atoms. The van der Waals surface area contributed by atoms with Crippen LogP contribution in [0.3, 0.4) is 0 Å². The molecule has 5 heteroatoms. The monoisotopic (exact) mass is 288 g/mol. The highest BCUT2D eigenvalue weighted by molar-refractivity contribution is 6.21. The molecule has 1 aromatic carbocycles. The highest BCUT2D eigenvalue weighted by Crippen LogP contribution is 2.41. The molecule has 3 rings (SSSR count). The van der Waals surface area contributed by atoms with Crippen molar-refractivity contribution in [1.29, 1.82) is 0 Å². The van der Waals surface area contributed by atoms with E-state index >= 15 is 0 Å². The molecule has 112 valence electrons. The van der Waals surface area contributed by atoms with E-state index in [2.05, 4.69) is 5.32 Å². The van der Waals surface area contributed by atoms with Crippen molar-refractivity contribution in [2.45, 2.75) is 37.6 Å². The van der Waals surface area contributed by atoms with Gasteiger partial charge in [-0.25, -0.2) is 0 Å². The zero-order valence-corrected chi connectivity index (χ0v) is 12.3. The molecule has 0 aliphatic carbocycles. The second kappa shape index (κ2) is 4.64. The van der Waals surface area contributed by atoms with Gasteiger partial charge >= 0.3 is 0 Å². The average molecular weight is 288 g/mol. The SMILES string of the molecule is Cc1ccccc1C1(C)C(=O)NC2(CCN(O)CC2)C1=O. The molecular formula is C16H20N2O3. The summed E-state index contributed by atoms with van der Waals surface area (Å²) < 4.78 is 0. The first-order chi connectivity index (χ1) is 9.90. The molecule has 2 heterocycles. The van der Waals surface area contributed by atoms with Crippen LogP contribution in [0.25, 0.3) is 0 Å². The number of hydroxylamine groups is 2. The van der Waals surface area contributed by atoms with Gasteiger partial charge in [-0.2, -0.15) is 5.06 Å². The second-order valence-electron chi connectivity index (χ2n) is 6.26. The fraction of sp³-hybridized carbons (Fsp3) is 0.500. The van der Waals surface area contributed by atoms with E-state index in [1.807, 2.05) is 31.2 Å². The zero-order chi connectivity index (χ0) is 15.3. The number of carbonyl (C=O) groups is 2. The molecule has 1 atom stereocenters. The molecular weight excluding hydrogens is 268 g/mol. The first-order valence-electron chi connectivity index (χ1n) is 7.28. The van der Waals surface area contributed by atoms with E-state index in [9.17, 15) is 14.8 Å². The molecule has 5 nitrogen and oxygen atoms in total. The molecule has 2 aliphatic rings. The number of ketones is 1. The van der Waals surface area contributed by atoms with Crippen molar-refractivity contribution in [3.05, 3.63) is 35.4 Å². The third-order valence-corrected chi connectivity index (χ3v) is 4.97. The number of piperidine rings is 1. The highest BCUT2D eigenvalue weighted by atomic mass is 16.5. The molecule has 2 aliphatic heterocycles. The summed E-state index contributed by atoms with van der Waals surface area (Å²) in [5.74, 6) is -0.296. The standard InChI is InChI=1S/C16H20N2O3/c1-11-5-3-4-6-12(11)15(2)13(19)16(17-14(15)20)7-9-18(21)10-8-16/h3-6,21H,7-10H2,1-2H3,(H,17,20). The first kappa shape index (κ1) is 14.2. The number of nitrogens with zero attached hydrogens (tertiary/aromatic N) is 1. The van der Waals surface area contributed by atoms with E-state index in [0.29, 0.717) is 25.9 Å². The van der Waals surface area contributed by atoms with E-state index in [1.165, 1.54) is 5.06 Å². The number of hydrogen-bond acceptors (Lipinski definition) is 4. The number of aryl methyl sites for hydroxylation is 1. The van der Waals surface area contributed by atoms with Crippen LogP contribution in [0, 0.1) is 6.92 Å². The largest absolute Gasteiger partial charge is 0.342 e. The van der Waals surface area contributed by atoms with Gasteiger partial charge in [-0.05, 0) is 37.8 Å². The Morgan fingerprint density at radius 2 is 1.81 bits per heavy atom. The minimum atomic E-state index is -1.14. The number of nitrogens with one attached hydrogen (secondary N) is 1. The predicted octanol–water partition coefficient (Wildman–Crippen LogP) is 1.18. The maximum Gasteiger partial charge on any atom is 0.238 e.